The zero-order chi connectivity index (χ0) is 17.6. The first-order valence-corrected chi connectivity index (χ1v) is 8.57. The van der Waals surface area contributed by atoms with Gasteiger partial charge in [0.05, 0.1) is 0 Å². The van der Waals surface area contributed by atoms with Crippen LogP contribution in [0.3, 0.4) is 0 Å². The molecule has 25 heavy (non-hydrogen) atoms. The monoisotopic (exact) mass is 341 g/mol. The van der Waals surface area contributed by atoms with Crippen LogP contribution in [0.1, 0.15) is 25.3 Å². The number of nitrogens with zero attached hydrogens (tertiary/aromatic N) is 3. The molecule has 1 aromatic carbocycles. The number of benzene rings is 1. The molecule has 2 aromatic rings. The number of aryl methyl sites for hydroxylation is 1. The number of piperidine rings is 1. The molecule has 1 unspecified atom stereocenters. The zero-order valence-electron chi connectivity index (χ0n) is 14.6. The highest BCUT2D eigenvalue weighted by molar-refractivity contribution is 5.81. The van der Waals surface area contributed by atoms with Crippen molar-refractivity contribution in [1.29, 1.82) is 0 Å². The van der Waals surface area contributed by atoms with E-state index >= 15 is 0 Å². The molecule has 1 saturated heterocycles. The Morgan fingerprint density at radius 1 is 1.16 bits per heavy atom. The third-order valence-electron chi connectivity index (χ3n) is 4.19. The fourth-order valence-electron chi connectivity index (χ4n) is 2.80. The molecule has 0 aliphatic carbocycles. The van der Waals surface area contributed by atoms with E-state index in [1.807, 2.05) is 42.2 Å². The molecule has 1 atom stereocenters. The number of carbonyl (C=O) groups is 1. The smallest absolute Gasteiger partial charge is 0.316 e. The van der Waals surface area contributed by atoms with Gasteiger partial charge in [-0.25, -0.2) is 9.97 Å². The molecular weight excluding hydrogens is 318 g/mol. The number of amides is 1. The van der Waals surface area contributed by atoms with Gasteiger partial charge in [-0.3, -0.25) is 4.79 Å². The average Bonchev–Trinajstić information content (AvgIpc) is 2.64. The molecule has 6 nitrogen and oxygen atoms in total. The van der Waals surface area contributed by atoms with Crippen LogP contribution in [-0.4, -0.2) is 46.1 Å². The van der Waals surface area contributed by atoms with Crippen LogP contribution in [0.2, 0.25) is 0 Å². The number of aromatic nitrogens is 2. The largest absolute Gasteiger partial charge is 0.481 e. The summed E-state index contributed by atoms with van der Waals surface area (Å²) in [7, 11) is 0. The van der Waals surface area contributed by atoms with Crippen molar-refractivity contribution in [2.45, 2.75) is 38.9 Å². The van der Waals surface area contributed by atoms with Crippen molar-refractivity contribution in [3.05, 3.63) is 48.3 Å². The summed E-state index contributed by atoms with van der Waals surface area (Å²) >= 11 is 0. The number of likely N-dealkylation sites (tertiary alicyclic amines) is 1. The Bertz CT molecular complexity index is 683. The highest BCUT2D eigenvalue weighted by Crippen LogP contribution is 2.18. The van der Waals surface area contributed by atoms with Crippen LogP contribution in [0.25, 0.3) is 0 Å². The Labute approximate surface area is 147 Å². The lowest BCUT2D eigenvalue weighted by Gasteiger charge is -2.33. The number of hydrogen-bond donors (Lipinski definition) is 0. The third kappa shape index (κ3) is 4.68. The summed E-state index contributed by atoms with van der Waals surface area (Å²) < 4.78 is 11.5. The fourth-order valence-corrected chi connectivity index (χ4v) is 2.80. The second-order valence-corrected chi connectivity index (χ2v) is 6.26. The molecule has 1 fully saturated rings. The van der Waals surface area contributed by atoms with Gasteiger partial charge in [0, 0.05) is 38.3 Å². The van der Waals surface area contributed by atoms with E-state index < -0.39 is 6.10 Å². The van der Waals surface area contributed by atoms with Crippen LogP contribution < -0.4 is 9.47 Å². The van der Waals surface area contributed by atoms with Gasteiger partial charge >= 0.3 is 6.01 Å². The van der Waals surface area contributed by atoms with Crippen LogP contribution >= 0.6 is 0 Å². The van der Waals surface area contributed by atoms with Crippen molar-refractivity contribution < 1.29 is 14.3 Å². The average molecular weight is 341 g/mol. The van der Waals surface area contributed by atoms with Crippen LogP contribution in [0, 0.1) is 6.92 Å². The van der Waals surface area contributed by atoms with E-state index in [-0.39, 0.29) is 12.0 Å². The van der Waals surface area contributed by atoms with Crippen molar-refractivity contribution in [2.24, 2.45) is 0 Å². The summed E-state index contributed by atoms with van der Waals surface area (Å²) in [4.78, 5) is 22.7. The van der Waals surface area contributed by atoms with E-state index in [0.29, 0.717) is 24.8 Å². The Kier molecular flexibility index (Phi) is 5.48. The zero-order valence-corrected chi connectivity index (χ0v) is 14.6. The molecule has 1 amide bonds. The van der Waals surface area contributed by atoms with Gasteiger partial charge in [-0.15, -0.1) is 0 Å². The van der Waals surface area contributed by atoms with Crippen molar-refractivity contribution >= 4 is 5.91 Å². The molecule has 132 valence electrons. The SMILES string of the molecule is Cc1cnc(OC2CCN(C(=O)C(C)Oc3ccccc3)CC2)nc1. The predicted octanol–water partition coefficient (Wildman–Crippen LogP) is 2.62. The quantitative estimate of drug-likeness (QED) is 0.836. The summed E-state index contributed by atoms with van der Waals surface area (Å²) in [5.74, 6) is 0.715. The Morgan fingerprint density at radius 2 is 1.80 bits per heavy atom. The lowest BCUT2D eigenvalue weighted by molar-refractivity contribution is -0.139. The van der Waals surface area contributed by atoms with E-state index in [9.17, 15) is 4.79 Å². The Hall–Kier alpha value is -2.63. The summed E-state index contributed by atoms with van der Waals surface area (Å²) in [6.45, 7) is 5.03. The van der Waals surface area contributed by atoms with Gasteiger partial charge in [0.1, 0.15) is 11.9 Å². The van der Waals surface area contributed by atoms with E-state index in [1.165, 1.54) is 0 Å². The normalized spacial score (nSPS) is 16.3. The molecule has 0 N–H and O–H groups in total. The van der Waals surface area contributed by atoms with Gasteiger partial charge in [0.15, 0.2) is 6.10 Å². The first-order valence-electron chi connectivity index (χ1n) is 8.57. The third-order valence-corrected chi connectivity index (χ3v) is 4.19. The number of carbonyl (C=O) groups excluding carboxylic acids is 1. The topological polar surface area (TPSA) is 64.5 Å². The predicted molar refractivity (Wildman–Crippen MR) is 93.5 cm³/mol. The molecule has 1 aliphatic rings. The first kappa shape index (κ1) is 17.2. The van der Waals surface area contributed by atoms with E-state index in [0.717, 1.165) is 18.4 Å². The van der Waals surface area contributed by atoms with Crippen LogP contribution in [0.5, 0.6) is 11.8 Å². The van der Waals surface area contributed by atoms with E-state index in [4.69, 9.17) is 9.47 Å². The van der Waals surface area contributed by atoms with Gasteiger partial charge in [0.2, 0.25) is 0 Å². The summed E-state index contributed by atoms with van der Waals surface area (Å²) in [5, 5.41) is 0. The molecule has 0 spiro atoms. The van der Waals surface area contributed by atoms with Gasteiger partial charge in [-0.1, -0.05) is 18.2 Å². The standard InChI is InChI=1S/C19H23N3O3/c1-14-12-20-19(21-13-14)25-17-8-10-22(11-9-17)18(23)15(2)24-16-6-4-3-5-7-16/h3-7,12-13,15,17H,8-11H2,1-2H3. The minimum Gasteiger partial charge on any atom is -0.481 e. The molecule has 3 rings (SSSR count). The van der Waals surface area contributed by atoms with E-state index in [1.54, 1.807) is 19.3 Å². The summed E-state index contributed by atoms with van der Waals surface area (Å²) in [6.07, 6.45) is 4.55. The van der Waals surface area contributed by atoms with Gasteiger partial charge in [-0.2, -0.15) is 0 Å². The van der Waals surface area contributed by atoms with Crippen LogP contribution in [0.4, 0.5) is 0 Å². The summed E-state index contributed by atoms with van der Waals surface area (Å²) in [5.41, 5.74) is 1.00. The van der Waals surface area contributed by atoms with Crippen molar-refractivity contribution in [2.75, 3.05) is 13.1 Å². The lowest BCUT2D eigenvalue weighted by atomic mass is 10.1. The number of para-hydroxylation sites is 1. The minimum atomic E-state index is -0.500. The van der Waals surface area contributed by atoms with Crippen LogP contribution in [-0.2, 0) is 4.79 Å². The lowest BCUT2D eigenvalue weighted by Crippen LogP contribution is -2.46. The summed E-state index contributed by atoms with van der Waals surface area (Å²) in [6, 6.07) is 9.81. The molecule has 2 heterocycles. The Morgan fingerprint density at radius 3 is 2.44 bits per heavy atom. The molecule has 0 bridgehead atoms. The number of hydrogen-bond acceptors (Lipinski definition) is 5. The van der Waals surface area contributed by atoms with Crippen molar-refractivity contribution in [3.8, 4) is 11.8 Å². The Balaban J connectivity index is 1.48. The molecule has 1 aliphatic heterocycles. The maximum absolute atomic E-state index is 12.5. The molecule has 1 aromatic heterocycles. The first-order chi connectivity index (χ1) is 12.1. The van der Waals surface area contributed by atoms with Gasteiger partial charge in [-0.05, 0) is 31.5 Å². The maximum atomic E-state index is 12.5. The number of rotatable bonds is 5. The molecule has 0 radical (unpaired) electrons. The van der Waals surface area contributed by atoms with Crippen molar-refractivity contribution in [3.63, 3.8) is 0 Å². The molecular formula is C19H23N3O3. The molecule has 6 heteroatoms. The van der Waals surface area contributed by atoms with Crippen molar-refractivity contribution in [1.82, 2.24) is 14.9 Å². The van der Waals surface area contributed by atoms with Crippen LogP contribution in [0.15, 0.2) is 42.7 Å². The molecule has 0 saturated carbocycles. The highest BCUT2D eigenvalue weighted by atomic mass is 16.5. The highest BCUT2D eigenvalue weighted by Gasteiger charge is 2.28. The van der Waals surface area contributed by atoms with Gasteiger partial charge in [0.25, 0.3) is 5.91 Å². The van der Waals surface area contributed by atoms with E-state index in [2.05, 4.69) is 9.97 Å². The second kappa shape index (κ2) is 7.96. The minimum absolute atomic E-state index is 0.00823. The second-order valence-electron chi connectivity index (χ2n) is 6.26. The maximum Gasteiger partial charge on any atom is 0.316 e. The fraction of sp³-hybridized carbons (Fsp3) is 0.421. The number of ether oxygens (including phenoxy) is 2. The van der Waals surface area contributed by atoms with Gasteiger partial charge < -0.3 is 14.4 Å².